The molecule has 4 atom stereocenters. The van der Waals surface area contributed by atoms with Gasteiger partial charge in [0.2, 0.25) is 0 Å². The molecule has 0 aliphatic heterocycles. The molecule has 0 spiro atoms. The van der Waals surface area contributed by atoms with Gasteiger partial charge in [-0.1, -0.05) is 0 Å². The van der Waals surface area contributed by atoms with Crippen molar-refractivity contribution in [2.45, 2.75) is 66.0 Å². The van der Waals surface area contributed by atoms with E-state index in [4.69, 9.17) is 34.6 Å². The van der Waals surface area contributed by atoms with Crippen LogP contribution in [0.5, 0.6) is 11.5 Å². The van der Waals surface area contributed by atoms with E-state index in [0.29, 0.717) is 11.1 Å². The molecule has 0 amide bonds. The Kier molecular flexibility index (Phi) is 15.7. The summed E-state index contributed by atoms with van der Waals surface area (Å²) >= 11 is -3.81. The Morgan fingerprint density at radius 3 is 1.25 bits per heavy atom. The molecule has 0 radical (unpaired) electrons. The second-order valence-corrected chi connectivity index (χ2v) is 13.6. The molecule has 3 aromatic carbocycles. The molecule has 0 fully saturated rings. The fourth-order valence-electron chi connectivity index (χ4n) is 4.21. The summed E-state index contributed by atoms with van der Waals surface area (Å²) in [5.74, 6) is -5.30. The van der Waals surface area contributed by atoms with Crippen molar-refractivity contribution in [1.29, 1.82) is 0 Å². The number of hydrogen-bond donors (Lipinski definition) is 0. The van der Waals surface area contributed by atoms with Crippen molar-refractivity contribution in [3.63, 3.8) is 0 Å². The molecule has 0 N–H and O–H groups in total. The second-order valence-electron chi connectivity index (χ2n) is 10.4. The van der Waals surface area contributed by atoms with Crippen LogP contribution in [0.2, 0.25) is 0 Å². The zero-order valence-electron chi connectivity index (χ0n) is 28.8. The van der Waals surface area contributed by atoms with E-state index in [1.54, 1.807) is 74.5 Å². The minimum absolute atomic E-state index is 0.0404. The van der Waals surface area contributed by atoms with Crippen molar-refractivity contribution in [2.75, 3.05) is 13.2 Å². The molecule has 0 bridgehead atoms. The predicted octanol–water partition coefficient (Wildman–Crippen LogP) is 5.55. The molecule has 0 aliphatic rings. The maximum absolute atomic E-state index is 13.3. The van der Waals surface area contributed by atoms with Crippen molar-refractivity contribution in [1.82, 2.24) is 0 Å². The fraction of sp³-hybridized carbons (Fsp3) is 0.333. The molecule has 15 heteroatoms. The number of ether oxygens (including phenoxy) is 6. The van der Waals surface area contributed by atoms with Crippen LogP contribution in [-0.4, -0.2) is 61.2 Å². The van der Waals surface area contributed by atoms with Crippen LogP contribution in [0.4, 0.5) is 0 Å². The Hall–Kier alpha value is -5.19. The van der Waals surface area contributed by atoms with E-state index in [-0.39, 0.29) is 28.3 Å². The van der Waals surface area contributed by atoms with E-state index in [1.165, 1.54) is 32.0 Å². The Balaban J connectivity index is 1.95. The van der Waals surface area contributed by atoms with Crippen LogP contribution in [0, 0.1) is 3.57 Å². The van der Waals surface area contributed by atoms with E-state index < -0.39 is 80.9 Å². The van der Waals surface area contributed by atoms with Gasteiger partial charge in [-0.2, -0.15) is 0 Å². The van der Waals surface area contributed by atoms with Gasteiger partial charge in [0.05, 0.1) is 0 Å². The van der Waals surface area contributed by atoms with Crippen LogP contribution in [0.25, 0.3) is 0 Å². The van der Waals surface area contributed by atoms with Gasteiger partial charge in [-0.15, -0.1) is 0 Å². The van der Waals surface area contributed by atoms with Gasteiger partial charge in [0.1, 0.15) is 0 Å². The molecular formula is C36H39IO14. The third kappa shape index (κ3) is 12.0. The van der Waals surface area contributed by atoms with Gasteiger partial charge in [-0.25, -0.2) is 0 Å². The second kappa shape index (κ2) is 19.9. The van der Waals surface area contributed by atoms with E-state index in [1.807, 2.05) is 0 Å². The summed E-state index contributed by atoms with van der Waals surface area (Å²) in [6, 6.07) is 20.7. The molecule has 0 unspecified atom stereocenters. The molecule has 3 rings (SSSR count). The normalized spacial score (nSPS) is 13.2. The average molecular weight is 823 g/mol. The number of benzene rings is 3. The standard InChI is InChI=1S/C36H39IO14/c1-7-44-35(42)31(26-16-11-9-12-17-26)48-33(40)22(3)46-28-20-15-21-29(30(28)37(50-24(5)38)51-25(6)39)47-23(4)34(41)49-32(36(43)45-8-2)27-18-13-10-14-19-27/h9-23,31-32H,7-8H2,1-6H3/t22-,23-,31+,32+/m1/s1. The topological polar surface area (TPSA) is 176 Å². The zero-order chi connectivity index (χ0) is 37.5. The summed E-state index contributed by atoms with van der Waals surface area (Å²) in [6.45, 7) is 8.22. The predicted molar refractivity (Wildman–Crippen MR) is 187 cm³/mol. The van der Waals surface area contributed by atoms with Crippen LogP contribution < -0.4 is 9.47 Å². The first kappa shape index (κ1) is 40.2. The summed E-state index contributed by atoms with van der Waals surface area (Å²) in [4.78, 5) is 76.3. The zero-order valence-corrected chi connectivity index (χ0v) is 31.0. The van der Waals surface area contributed by atoms with Crippen LogP contribution >= 0.6 is 20.6 Å². The van der Waals surface area contributed by atoms with Crippen molar-refractivity contribution < 1.29 is 63.3 Å². The van der Waals surface area contributed by atoms with Crippen LogP contribution in [0.15, 0.2) is 78.9 Å². The average Bonchev–Trinajstić information content (AvgIpc) is 3.09. The van der Waals surface area contributed by atoms with Crippen molar-refractivity contribution >= 4 is 56.5 Å². The summed E-state index contributed by atoms with van der Waals surface area (Å²) < 4.78 is 44.0. The number of carbonyl (C=O) groups is 6. The van der Waals surface area contributed by atoms with E-state index in [9.17, 15) is 28.8 Å². The summed E-state index contributed by atoms with van der Waals surface area (Å²) in [7, 11) is 0. The van der Waals surface area contributed by atoms with Gasteiger partial charge in [-0.05, 0) is 0 Å². The Morgan fingerprint density at radius 1 is 0.549 bits per heavy atom. The van der Waals surface area contributed by atoms with Crippen molar-refractivity contribution in [3.8, 4) is 11.5 Å². The fourth-order valence-corrected chi connectivity index (χ4v) is 7.35. The molecule has 0 aliphatic carbocycles. The maximum atomic E-state index is 13.3. The first-order chi connectivity index (χ1) is 24.4. The van der Waals surface area contributed by atoms with Gasteiger partial charge in [0.25, 0.3) is 0 Å². The van der Waals surface area contributed by atoms with Gasteiger partial charge < -0.3 is 0 Å². The number of hydrogen-bond acceptors (Lipinski definition) is 14. The Morgan fingerprint density at radius 2 is 0.922 bits per heavy atom. The summed E-state index contributed by atoms with van der Waals surface area (Å²) in [6.07, 6.45) is -5.56. The van der Waals surface area contributed by atoms with E-state index >= 15 is 0 Å². The molecule has 0 heterocycles. The third-order valence-corrected chi connectivity index (χ3v) is 10.4. The molecule has 14 nitrogen and oxygen atoms in total. The molecular weight excluding hydrogens is 783 g/mol. The molecule has 3 aromatic rings. The molecule has 274 valence electrons. The van der Waals surface area contributed by atoms with Crippen molar-refractivity contribution in [3.05, 3.63) is 93.6 Å². The number of halogens is 1. The van der Waals surface area contributed by atoms with E-state index in [0.717, 1.165) is 13.8 Å². The molecule has 0 saturated heterocycles. The molecule has 0 aromatic heterocycles. The third-order valence-electron chi connectivity index (χ3n) is 6.38. The summed E-state index contributed by atoms with van der Waals surface area (Å²) in [5.41, 5.74) is 0.730. The van der Waals surface area contributed by atoms with Crippen LogP contribution in [-0.2, 0) is 53.8 Å². The SMILES string of the molecule is CCOC(=O)[C@@H](OC(=O)[C@@H](C)Oc1cccc(O[C@H](C)C(=O)O[C@H](C(=O)OCC)c2ccccc2)c1I(OC(C)=O)OC(C)=O)c1ccccc1. The summed E-state index contributed by atoms with van der Waals surface area (Å²) in [5, 5.41) is 0. The molecule has 51 heavy (non-hydrogen) atoms. The van der Waals surface area contributed by atoms with Gasteiger partial charge >= 0.3 is 304 Å². The molecule has 0 saturated carbocycles. The first-order valence-electron chi connectivity index (χ1n) is 15.7. The van der Waals surface area contributed by atoms with E-state index in [2.05, 4.69) is 0 Å². The van der Waals surface area contributed by atoms with Gasteiger partial charge in [0, 0.05) is 0 Å². The number of rotatable bonds is 17. The monoisotopic (exact) mass is 822 g/mol. The first-order valence-corrected chi connectivity index (χ1v) is 18.6. The number of carbonyl (C=O) groups excluding carboxylic acids is 6. The van der Waals surface area contributed by atoms with Crippen LogP contribution in [0.3, 0.4) is 0 Å². The Bertz CT molecular complexity index is 1550. The minimum atomic E-state index is -3.81. The number of esters is 4. The van der Waals surface area contributed by atoms with Gasteiger partial charge in [0.15, 0.2) is 0 Å². The van der Waals surface area contributed by atoms with Gasteiger partial charge in [-0.3, -0.25) is 0 Å². The quantitative estimate of drug-likeness (QED) is 0.0941. The van der Waals surface area contributed by atoms with Crippen molar-refractivity contribution in [2.24, 2.45) is 0 Å². The Labute approximate surface area is 303 Å². The van der Waals surface area contributed by atoms with Crippen LogP contribution in [0.1, 0.15) is 64.9 Å².